The molecule has 1 saturated carbocycles. The number of halogens is 1. The molecule has 0 heterocycles. The summed E-state index contributed by atoms with van der Waals surface area (Å²) >= 11 is 0. The van der Waals surface area contributed by atoms with Crippen molar-refractivity contribution in [2.24, 2.45) is 11.3 Å². The van der Waals surface area contributed by atoms with Crippen LogP contribution in [0, 0.1) is 24.1 Å². The van der Waals surface area contributed by atoms with Crippen LogP contribution in [0.1, 0.15) is 52.0 Å². The third-order valence-corrected chi connectivity index (χ3v) is 4.58. The Morgan fingerprint density at radius 2 is 1.74 bits per heavy atom. The topological polar surface area (TPSA) is 12.0 Å². The summed E-state index contributed by atoms with van der Waals surface area (Å²) in [6, 6.07) is 5.79. The molecule has 1 aliphatic carbocycles. The Labute approximate surface area is 116 Å². The second-order valence-corrected chi connectivity index (χ2v) is 6.97. The summed E-state index contributed by atoms with van der Waals surface area (Å²) in [5, 5.41) is 3.52. The molecule has 2 rings (SSSR count). The van der Waals surface area contributed by atoms with E-state index in [2.05, 4.69) is 26.1 Å². The molecule has 1 aromatic carbocycles. The monoisotopic (exact) mass is 263 g/mol. The SMILES string of the molecule is Cc1c(F)cccc1NC1CCC(C(C)(C)C)CC1. The largest absolute Gasteiger partial charge is 0.382 e. The van der Waals surface area contributed by atoms with E-state index < -0.39 is 0 Å². The van der Waals surface area contributed by atoms with Gasteiger partial charge in [-0.25, -0.2) is 4.39 Å². The van der Waals surface area contributed by atoms with Gasteiger partial charge in [0, 0.05) is 17.3 Å². The molecule has 1 aliphatic rings. The van der Waals surface area contributed by atoms with Crippen LogP contribution >= 0.6 is 0 Å². The molecule has 0 spiro atoms. The van der Waals surface area contributed by atoms with Crippen LogP contribution in [0.25, 0.3) is 0 Å². The summed E-state index contributed by atoms with van der Waals surface area (Å²) in [5.41, 5.74) is 2.11. The van der Waals surface area contributed by atoms with Crippen molar-refractivity contribution in [3.8, 4) is 0 Å². The quantitative estimate of drug-likeness (QED) is 0.778. The third-order valence-electron chi connectivity index (χ3n) is 4.58. The van der Waals surface area contributed by atoms with Gasteiger partial charge in [0.2, 0.25) is 0 Å². The fourth-order valence-electron chi connectivity index (χ4n) is 3.09. The fraction of sp³-hybridized carbons (Fsp3) is 0.647. The van der Waals surface area contributed by atoms with E-state index in [-0.39, 0.29) is 5.82 Å². The molecule has 1 nitrogen and oxygen atoms in total. The van der Waals surface area contributed by atoms with E-state index in [1.807, 2.05) is 13.0 Å². The van der Waals surface area contributed by atoms with Gasteiger partial charge in [0.25, 0.3) is 0 Å². The number of anilines is 1. The van der Waals surface area contributed by atoms with Gasteiger partial charge in [-0.05, 0) is 56.1 Å². The van der Waals surface area contributed by atoms with Gasteiger partial charge in [0.15, 0.2) is 0 Å². The molecular formula is C17H26FN. The maximum Gasteiger partial charge on any atom is 0.128 e. The second-order valence-electron chi connectivity index (χ2n) is 6.97. The smallest absolute Gasteiger partial charge is 0.128 e. The average molecular weight is 263 g/mol. The van der Waals surface area contributed by atoms with Crippen molar-refractivity contribution >= 4 is 5.69 Å². The lowest BCUT2D eigenvalue weighted by atomic mass is 9.71. The highest BCUT2D eigenvalue weighted by molar-refractivity contribution is 5.51. The lowest BCUT2D eigenvalue weighted by Crippen LogP contribution is -2.31. The summed E-state index contributed by atoms with van der Waals surface area (Å²) in [6.07, 6.45) is 4.93. The van der Waals surface area contributed by atoms with Crippen LogP contribution in [-0.4, -0.2) is 6.04 Å². The molecule has 0 unspecified atom stereocenters. The van der Waals surface area contributed by atoms with Gasteiger partial charge < -0.3 is 5.32 Å². The first-order valence-electron chi connectivity index (χ1n) is 7.39. The summed E-state index contributed by atoms with van der Waals surface area (Å²) in [6.45, 7) is 8.85. The minimum absolute atomic E-state index is 0.117. The molecule has 0 saturated heterocycles. The Hall–Kier alpha value is -1.05. The zero-order chi connectivity index (χ0) is 14.0. The van der Waals surface area contributed by atoms with Gasteiger partial charge in [0.1, 0.15) is 5.82 Å². The first kappa shape index (κ1) is 14.4. The number of rotatable bonds is 2. The molecule has 19 heavy (non-hydrogen) atoms. The van der Waals surface area contributed by atoms with E-state index in [1.54, 1.807) is 6.07 Å². The van der Waals surface area contributed by atoms with Crippen molar-refractivity contribution in [3.63, 3.8) is 0 Å². The van der Waals surface area contributed by atoms with E-state index in [4.69, 9.17) is 0 Å². The van der Waals surface area contributed by atoms with Crippen molar-refractivity contribution in [1.82, 2.24) is 0 Å². The van der Waals surface area contributed by atoms with Gasteiger partial charge in [0.05, 0.1) is 0 Å². The summed E-state index contributed by atoms with van der Waals surface area (Å²) in [7, 11) is 0. The Balaban J connectivity index is 1.94. The van der Waals surface area contributed by atoms with Crippen molar-refractivity contribution in [3.05, 3.63) is 29.6 Å². The van der Waals surface area contributed by atoms with Crippen LogP contribution < -0.4 is 5.32 Å². The molecule has 0 amide bonds. The van der Waals surface area contributed by atoms with Gasteiger partial charge >= 0.3 is 0 Å². The zero-order valence-corrected chi connectivity index (χ0v) is 12.6. The molecule has 1 fully saturated rings. The second kappa shape index (κ2) is 5.52. The molecule has 0 aliphatic heterocycles. The Morgan fingerprint density at radius 3 is 2.32 bits per heavy atom. The summed E-state index contributed by atoms with van der Waals surface area (Å²) < 4.78 is 13.5. The summed E-state index contributed by atoms with van der Waals surface area (Å²) in [5.74, 6) is 0.701. The van der Waals surface area contributed by atoms with E-state index >= 15 is 0 Å². The molecule has 0 bridgehead atoms. The normalized spacial score (nSPS) is 24.3. The summed E-state index contributed by atoms with van der Waals surface area (Å²) in [4.78, 5) is 0. The number of benzene rings is 1. The van der Waals surface area contributed by atoms with E-state index in [0.717, 1.165) is 17.2 Å². The number of nitrogens with one attached hydrogen (secondary N) is 1. The Morgan fingerprint density at radius 1 is 1.11 bits per heavy atom. The lowest BCUT2D eigenvalue weighted by molar-refractivity contribution is 0.173. The van der Waals surface area contributed by atoms with Gasteiger partial charge in [-0.2, -0.15) is 0 Å². The number of hydrogen-bond acceptors (Lipinski definition) is 1. The highest BCUT2D eigenvalue weighted by atomic mass is 19.1. The van der Waals surface area contributed by atoms with E-state index in [1.165, 1.54) is 31.7 Å². The first-order chi connectivity index (χ1) is 8.88. The molecule has 0 atom stereocenters. The minimum atomic E-state index is -0.117. The molecular weight excluding hydrogens is 237 g/mol. The van der Waals surface area contributed by atoms with Gasteiger partial charge in [-0.15, -0.1) is 0 Å². The molecule has 0 radical (unpaired) electrons. The highest BCUT2D eigenvalue weighted by Gasteiger charge is 2.29. The van der Waals surface area contributed by atoms with Crippen molar-refractivity contribution < 1.29 is 4.39 Å². The molecule has 1 N–H and O–H groups in total. The van der Waals surface area contributed by atoms with Crippen LogP contribution in [0.3, 0.4) is 0 Å². The zero-order valence-electron chi connectivity index (χ0n) is 12.6. The van der Waals surface area contributed by atoms with Crippen molar-refractivity contribution in [2.45, 2.75) is 59.4 Å². The first-order valence-corrected chi connectivity index (χ1v) is 7.39. The van der Waals surface area contributed by atoms with Crippen LogP contribution in [0.2, 0.25) is 0 Å². The van der Waals surface area contributed by atoms with Crippen LogP contribution in [-0.2, 0) is 0 Å². The Bertz CT molecular complexity index is 425. The van der Waals surface area contributed by atoms with E-state index in [9.17, 15) is 4.39 Å². The average Bonchev–Trinajstić information content (AvgIpc) is 2.35. The van der Waals surface area contributed by atoms with Crippen molar-refractivity contribution in [1.29, 1.82) is 0 Å². The van der Waals surface area contributed by atoms with Crippen LogP contribution in [0.5, 0.6) is 0 Å². The maximum atomic E-state index is 13.5. The molecule has 1 aromatic rings. The standard InChI is InChI=1S/C17H26FN/c1-12-15(18)6-5-7-16(12)19-14-10-8-13(9-11-14)17(2,3)4/h5-7,13-14,19H,8-11H2,1-4H3. The van der Waals surface area contributed by atoms with Crippen LogP contribution in [0.15, 0.2) is 18.2 Å². The lowest BCUT2D eigenvalue weighted by Gasteiger charge is -2.37. The van der Waals surface area contributed by atoms with E-state index in [0.29, 0.717) is 11.5 Å². The van der Waals surface area contributed by atoms with Gasteiger partial charge in [-0.3, -0.25) is 0 Å². The van der Waals surface area contributed by atoms with Crippen molar-refractivity contribution in [2.75, 3.05) is 5.32 Å². The highest BCUT2D eigenvalue weighted by Crippen LogP contribution is 2.38. The third kappa shape index (κ3) is 3.49. The molecule has 106 valence electrons. The van der Waals surface area contributed by atoms with Gasteiger partial charge in [-0.1, -0.05) is 26.8 Å². The predicted octanol–water partition coefficient (Wildman–Crippen LogP) is 5.15. The minimum Gasteiger partial charge on any atom is -0.382 e. The number of hydrogen-bond donors (Lipinski definition) is 1. The molecule has 0 aromatic heterocycles. The Kier molecular flexibility index (Phi) is 4.17. The predicted molar refractivity (Wildman–Crippen MR) is 80.0 cm³/mol. The maximum absolute atomic E-state index is 13.5. The fourth-order valence-corrected chi connectivity index (χ4v) is 3.09. The van der Waals surface area contributed by atoms with Crippen LogP contribution in [0.4, 0.5) is 10.1 Å². The molecule has 2 heteroatoms.